The quantitative estimate of drug-likeness (QED) is 0.156. The van der Waals surface area contributed by atoms with Crippen LogP contribution in [0, 0.1) is 11.3 Å². The van der Waals surface area contributed by atoms with Gasteiger partial charge in [0.1, 0.15) is 0 Å². The molecule has 0 aliphatic heterocycles. The lowest BCUT2D eigenvalue weighted by molar-refractivity contribution is 0.568. The number of nitrogens with zero attached hydrogens (tertiary/aromatic N) is 8. The molecule has 0 saturated carbocycles. The van der Waals surface area contributed by atoms with Crippen LogP contribution in [0.25, 0.3) is 95.8 Å². The number of para-hydroxylation sites is 1. The molecular formula is C73H78N8. The molecule has 0 unspecified atom stereocenters. The Bertz CT molecular complexity index is 3890. The van der Waals surface area contributed by atoms with Crippen molar-refractivity contribution in [3.63, 3.8) is 0 Å². The molecule has 3 heterocycles. The number of aromatic nitrogens is 7. The lowest BCUT2D eigenvalue weighted by Crippen LogP contribution is -2.17. The summed E-state index contributed by atoms with van der Waals surface area (Å²) in [5.74, 6) is 3.41. The second kappa shape index (κ2) is 20.1. The van der Waals surface area contributed by atoms with Crippen LogP contribution in [0.4, 0.5) is 0 Å². The van der Waals surface area contributed by atoms with Crippen molar-refractivity contribution >= 4 is 21.8 Å². The Morgan fingerprint density at radius 2 is 0.679 bits per heavy atom. The molecule has 0 aliphatic carbocycles. The molecule has 8 nitrogen and oxygen atoms in total. The molecular weight excluding hydrogens is 989 g/mol. The lowest BCUT2D eigenvalue weighted by Gasteiger charge is -2.26. The predicted octanol–water partition coefficient (Wildman–Crippen LogP) is 18.8. The fourth-order valence-electron chi connectivity index (χ4n) is 10.4. The zero-order chi connectivity index (χ0) is 58.4. The minimum atomic E-state index is -0.115. The second-order valence-corrected chi connectivity index (χ2v) is 28.3. The van der Waals surface area contributed by atoms with Gasteiger partial charge in [0, 0.05) is 44.2 Å². The number of fused-ring (bicyclic) bond motifs is 3. The first-order valence-corrected chi connectivity index (χ1v) is 28.5. The second-order valence-electron chi connectivity index (χ2n) is 28.3. The summed E-state index contributed by atoms with van der Waals surface area (Å²) in [6.45, 7) is 40.5. The molecule has 0 saturated heterocycles. The van der Waals surface area contributed by atoms with Crippen molar-refractivity contribution in [2.45, 2.75) is 157 Å². The van der Waals surface area contributed by atoms with Gasteiger partial charge in [-0.05, 0) is 145 Å². The van der Waals surface area contributed by atoms with Crippen molar-refractivity contribution in [3.8, 4) is 80.1 Å². The zero-order valence-electron chi connectivity index (χ0n) is 50.9. The summed E-state index contributed by atoms with van der Waals surface area (Å²) >= 11 is 0. The summed E-state index contributed by atoms with van der Waals surface area (Å²) in [6, 6.07) is 54.0. The van der Waals surface area contributed by atoms with Gasteiger partial charge in [-0.2, -0.15) is 5.26 Å². The van der Waals surface area contributed by atoms with Crippen LogP contribution in [0.1, 0.15) is 164 Å². The van der Waals surface area contributed by atoms with Crippen molar-refractivity contribution in [2.24, 2.45) is 0 Å². The highest BCUT2D eigenvalue weighted by Crippen LogP contribution is 2.41. The highest BCUT2D eigenvalue weighted by molar-refractivity contribution is 6.11. The SMILES string of the molecule is CC(C)(C)c1cccc(-c2nc(-c3cccc(C(C)(C)C)c3)nc(-c3cc(C#N)ccc3-n3c4ccccc4c4cc(-c5nc(-c6cc(C(C)(C)C)cc(C(C)(C)C)c6)nc(-c6cc(C(C)(C)C)cc(C(C)(C)C)c6)n5)ccc43)n2)c1. The fraction of sp³-hybridized carbons (Fsp3) is 0.329. The third-order valence-corrected chi connectivity index (χ3v) is 15.6. The average molecular weight is 1070 g/mol. The van der Waals surface area contributed by atoms with E-state index in [1.807, 2.05) is 18.2 Å². The Morgan fingerprint density at radius 3 is 1.10 bits per heavy atom. The average Bonchev–Trinajstić information content (AvgIpc) is 3.90. The molecule has 0 N–H and O–H groups in total. The van der Waals surface area contributed by atoms with Gasteiger partial charge in [-0.15, -0.1) is 0 Å². The minimum Gasteiger partial charge on any atom is -0.308 e. The number of nitriles is 1. The standard InChI is InChI=1S/C73H78N8/c1-68(2,3)50-25-21-23-45(34-50)62-75-63(46-24-22-26-51(35-46)69(4,5)6)80-67(79-62)58-33-44(43-74)29-31-61(58)81-59-28-20-19-27-56(59)57-40-47(30-32-60(57)81)64-76-65(48-36-52(70(7,8)9)41-53(37-48)71(10,11)12)78-66(77-64)49-38-54(72(13,14)15)42-55(39-49)73(16,17)18/h19-42H,1-18H3. The van der Waals surface area contributed by atoms with Gasteiger partial charge in [-0.25, -0.2) is 29.9 Å². The van der Waals surface area contributed by atoms with Crippen molar-refractivity contribution in [1.82, 2.24) is 34.5 Å². The van der Waals surface area contributed by atoms with Crippen LogP contribution in [0.3, 0.4) is 0 Å². The molecule has 0 atom stereocenters. The Morgan fingerprint density at radius 1 is 0.309 bits per heavy atom. The molecule has 0 radical (unpaired) electrons. The van der Waals surface area contributed by atoms with E-state index in [-0.39, 0.29) is 32.5 Å². The van der Waals surface area contributed by atoms with E-state index in [1.165, 1.54) is 33.4 Å². The minimum absolute atomic E-state index is 0.100. The molecule has 0 spiro atoms. The zero-order valence-corrected chi connectivity index (χ0v) is 50.9. The molecule has 10 aromatic rings. The Kier molecular flexibility index (Phi) is 14.0. The summed E-state index contributed by atoms with van der Waals surface area (Å²) in [6.07, 6.45) is 0. The molecule has 0 aliphatic rings. The predicted molar refractivity (Wildman–Crippen MR) is 337 cm³/mol. The third kappa shape index (κ3) is 11.5. The van der Waals surface area contributed by atoms with Gasteiger partial charge in [-0.1, -0.05) is 191 Å². The van der Waals surface area contributed by atoms with Gasteiger partial charge >= 0.3 is 0 Å². The van der Waals surface area contributed by atoms with Crippen LogP contribution >= 0.6 is 0 Å². The van der Waals surface area contributed by atoms with Crippen LogP contribution in [0.2, 0.25) is 0 Å². The highest BCUT2D eigenvalue weighted by atomic mass is 15.1. The molecule has 0 fully saturated rings. The Labute approximate surface area is 480 Å². The molecule has 81 heavy (non-hydrogen) atoms. The highest BCUT2D eigenvalue weighted by Gasteiger charge is 2.27. The first-order valence-electron chi connectivity index (χ1n) is 28.5. The van der Waals surface area contributed by atoms with Crippen molar-refractivity contribution in [2.75, 3.05) is 0 Å². The topological polar surface area (TPSA) is 106 Å². The van der Waals surface area contributed by atoms with E-state index in [0.29, 0.717) is 46.1 Å². The summed E-state index contributed by atoms with van der Waals surface area (Å²) in [7, 11) is 0. The molecule has 0 amide bonds. The van der Waals surface area contributed by atoms with Crippen molar-refractivity contribution in [3.05, 3.63) is 185 Å². The molecule has 10 rings (SSSR count). The van der Waals surface area contributed by atoms with Gasteiger partial charge < -0.3 is 4.57 Å². The summed E-state index contributed by atoms with van der Waals surface area (Å²) < 4.78 is 2.27. The van der Waals surface area contributed by atoms with Crippen LogP contribution in [-0.2, 0) is 32.5 Å². The van der Waals surface area contributed by atoms with Crippen LogP contribution in [-0.4, -0.2) is 34.5 Å². The number of hydrogen-bond donors (Lipinski definition) is 0. The number of hydrogen-bond acceptors (Lipinski definition) is 7. The molecule has 410 valence electrons. The molecule has 8 heteroatoms. The maximum Gasteiger partial charge on any atom is 0.166 e. The third-order valence-electron chi connectivity index (χ3n) is 15.6. The normalized spacial score (nSPS) is 12.8. The molecule has 0 bridgehead atoms. The molecule has 3 aromatic heterocycles. The van der Waals surface area contributed by atoms with E-state index >= 15 is 0 Å². The summed E-state index contributed by atoms with van der Waals surface area (Å²) in [5, 5.41) is 12.6. The van der Waals surface area contributed by atoms with E-state index in [0.717, 1.165) is 55.3 Å². The Balaban J connectivity index is 1.22. The summed E-state index contributed by atoms with van der Waals surface area (Å²) in [4.78, 5) is 32.2. The van der Waals surface area contributed by atoms with Crippen LogP contribution in [0.5, 0.6) is 0 Å². The van der Waals surface area contributed by atoms with E-state index in [1.54, 1.807) is 0 Å². The van der Waals surface area contributed by atoms with Crippen LogP contribution < -0.4 is 0 Å². The van der Waals surface area contributed by atoms with Gasteiger partial charge in [-0.3, -0.25) is 0 Å². The van der Waals surface area contributed by atoms with E-state index in [9.17, 15) is 5.26 Å². The summed E-state index contributed by atoms with van der Waals surface area (Å²) in [5.41, 5.74) is 15.1. The van der Waals surface area contributed by atoms with E-state index < -0.39 is 0 Å². The first kappa shape index (κ1) is 56.1. The van der Waals surface area contributed by atoms with Gasteiger partial charge in [0.2, 0.25) is 0 Å². The largest absolute Gasteiger partial charge is 0.308 e. The number of rotatable bonds is 7. The van der Waals surface area contributed by atoms with Crippen molar-refractivity contribution in [1.29, 1.82) is 5.26 Å². The lowest BCUT2D eigenvalue weighted by atomic mass is 9.79. The Hall–Kier alpha value is -8.15. The van der Waals surface area contributed by atoms with E-state index in [4.69, 9.17) is 29.9 Å². The van der Waals surface area contributed by atoms with Gasteiger partial charge in [0.25, 0.3) is 0 Å². The van der Waals surface area contributed by atoms with Gasteiger partial charge in [0.15, 0.2) is 34.9 Å². The number of benzene rings is 7. The first-order chi connectivity index (χ1) is 37.8. The van der Waals surface area contributed by atoms with Crippen molar-refractivity contribution < 1.29 is 0 Å². The maximum absolute atomic E-state index is 10.5. The van der Waals surface area contributed by atoms with E-state index in [2.05, 4.69) is 263 Å². The van der Waals surface area contributed by atoms with Gasteiger partial charge in [0.05, 0.1) is 28.4 Å². The maximum atomic E-state index is 10.5. The van der Waals surface area contributed by atoms with Crippen LogP contribution in [0.15, 0.2) is 146 Å². The monoisotopic (exact) mass is 1070 g/mol. The molecule has 7 aromatic carbocycles. The smallest absolute Gasteiger partial charge is 0.166 e. The fourth-order valence-corrected chi connectivity index (χ4v) is 10.4.